The first-order valence-electron chi connectivity index (χ1n) is 8.22. The molecule has 3 rings (SSSR count). The third kappa shape index (κ3) is 3.68. The molecule has 0 saturated carbocycles. The van der Waals surface area contributed by atoms with Crippen molar-refractivity contribution in [2.45, 2.75) is 37.1 Å². The van der Waals surface area contributed by atoms with Crippen molar-refractivity contribution in [2.75, 3.05) is 0 Å². The summed E-state index contributed by atoms with van der Waals surface area (Å²) in [5.74, 6) is 0. The van der Waals surface area contributed by atoms with Gasteiger partial charge in [0.15, 0.2) is 0 Å². The summed E-state index contributed by atoms with van der Waals surface area (Å²) in [5.41, 5.74) is 2.22. The number of aromatic amines is 1. The second kappa shape index (κ2) is 7.20. The molecule has 1 aromatic heterocycles. The largest absolute Gasteiger partial charge is 0.361 e. The molecule has 126 valence electrons. The van der Waals surface area contributed by atoms with Crippen LogP contribution in [0.15, 0.2) is 65.7 Å². The first-order valence-corrected chi connectivity index (χ1v) is 9.71. The van der Waals surface area contributed by atoms with Gasteiger partial charge in [-0.2, -0.15) is 0 Å². The number of benzene rings is 2. The molecule has 5 heteroatoms. The molecule has 3 aromatic rings. The number of hydrogen-bond acceptors (Lipinski definition) is 2. The fourth-order valence-electron chi connectivity index (χ4n) is 3.00. The molecule has 0 bridgehead atoms. The molecule has 0 unspecified atom stereocenters. The molecule has 4 nitrogen and oxygen atoms in total. The zero-order chi connectivity index (χ0) is 17.0. The van der Waals surface area contributed by atoms with Gasteiger partial charge in [0.2, 0.25) is 10.0 Å². The Kier molecular flexibility index (Phi) is 5.02. The topological polar surface area (TPSA) is 62.0 Å². The SMILES string of the molecule is CCC[C@@H](Cc1c[nH]c2ccccc12)NS(=O)(=O)c1ccccc1. The fourth-order valence-corrected chi connectivity index (χ4v) is 4.30. The molecule has 1 heterocycles. The molecular formula is C19H22N2O2S. The number of fused-ring (bicyclic) bond motifs is 1. The van der Waals surface area contributed by atoms with Crippen molar-refractivity contribution in [2.24, 2.45) is 0 Å². The summed E-state index contributed by atoms with van der Waals surface area (Å²) in [6.07, 6.45) is 4.37. The van der Waals surface area contributed by atoms with Crippen molar-refractivity contribution in [3.63, 3.8) is 0 Å². The first-order chi connectivity index (χ1) is 11.6. The summed E-state index contributed by atoms with van der Waals surface area (Å²) in [6, 6.07) is 16.5. The number of aromatic nitrogens is 1. The monoisotopic (exact) mass is 342 g/mol. The van der Waals surface area contributed by atoms with Crippen LogP contribution in [0.1, 0.15) is 25.3 Å². The average Bonchev–Trinajstić information content (AvgIpc) is 2.99. The zero-order valence-electron chi connectivity index (χ0n) is 13.7. The Hall–Kier alpha value is -2.11. The smallest absolute Gasteiger partial charge is 0.240 e. The van der Waals surface area contributed by atoms with Gasteiger partial charge in [0.1, 0.15) is 0 Å². The van der Waals surface area contributed by atoms with Crippen LogP contribution in [-0.4, -0.2) is 19.4 Å². The van der Waals surface area contributed by atoms with E-state index in [1.165, 1.54) is 0 Å². The lowest BCUT2D eigenvalue weighted by atomic mass is 10.0. The number of sulfonamides is 1. The van der Waals surface area contributed by atoms with Gasteiger partial charge < -0.3 is 4.98 Å². The molecular weight excluding hydrogens is 320 g/mol. The fraction of sp³-hybridized carbons (Fsp3) is 0.263. The number of hydrogen-bond donors (Lipinski definition) is 2. The molecule has 2 aromatic carbocycles. The van der Waals surface area contributed by atoms with Crippen LogP contribution < -0.4 is 4.72 Å². The summed E-state index contributed by atoms with van der Waals surface area (Å²) in [4.78, 5) is 3.56. The summed E-state index contributed by atoms with van der Waals surface area (Å²) >= 11 is 0. The Bertz CT molecular complexity index is 901. The van der Waals surface area contributed by atoms with Crippen LogP contribution in [0.3, 0.4) is 0 Å². The molecule has 0 spiro atoms. The van der Waals surface area contributed by atoms with Gasteiger partial charge in [-0.15, -0.1) is 0 Å². The van der Waals surface area contributed by atoms with Crippen LogP contribution >= 0.6 is 0 Å². The lowest BCUT2D eigenvalue weighted by Gasteiger charge is -2.18. The Balaban J connectivity index is 1.83. The highest BCUT2D eigenvalue weighted by molar-refractivity contribution is 7.89. The third-order valence-corrected chi connectivity index (χ3v) is 5.69. The predicted octanol–water partition coefficient (Wildman–Crippen LogP) is 3.86. The van der Waals surface area contributed by atoms with Crippen molar-refractivity contribution in [1.82, 2.24) is 9.71 Å². The maximum atomic E-state index is 12.6. The van der Waals surface area contributed by atoms with E-state index in [4.69, 9.17) is 0 Å². The van der Waals surface area contributed by atoms with Gasteiger partial charge in [0, 0.05) is 23.1 Å². The van der Waals surface area contributed by atoms with Gasteiger partial charge in [-0.05, 0) is 36.6 Å². The minimum Gasteiger partial charge on any atom is -0.361 e. The molecule has 0 radical (unpaired) electrons. The Morgan fingerprint density at radius 2 is 1.75 bits per heavy atom. The van der Waals surface area contributed by atoms with Crippen LogP contribution in [0.25, 0.3) is 10.9 Å². The number of H-pyrrole nitrogens is 1. The van der Waals surface area contributed by atoms with Crippen molar-refractivity contribution < 1.29 is 8.42 Å². The number of rotatable bonds is 7. The minimum atomic E-state index is -3.50. The standard InChI is InChI=1S/C19H22N2O2S/c1-2-8-16(21-24(22,23)17-9-4-3-5-10-17)13-15-14-20-19-12-7-6-11-18(15)19/h3-7,9-12,14,16,20-21H,2,8,13H2,1H3/t16-/m0/s1. The van der Waals surface area contributed by atoms with E-state index in [0.29, 0.717) is 11.3 Å². The van der Waals surface area contributed by atoms with Gasteiger partial charge in [-0.3, -0.25) is 0 Å². The lowest BCUT2D eigenvalue weighted by Crippen LogP contribution is -2.36. The highest BCUT2D eigenvalue weighted by Gasteiger charge is 2.20. The molecule has 0 aliphatic rings. The van der Waals surface area contributed by atoms with Crippen molar-refractivity contribution >= 4 is 20.9 Å². The van der Waals surface area contributed by atoms with Gasteiger partial charge >= 0.3 is 0 Å². The van der Waals surface area contributed by atoms with Gasteiger partial charge in [0.05, 0.1) is 4.90 Å². The minimum absolute atomic E-state index is 0.126. The maximum absolute atomic E-state index is 12.6. The number of para-hydroxylation sites is 1. The Morgan fingerprint density at radius 1 is 1.04 bits per heavy atom. The average molecular weight is 342 g/mol. The summed E-state index contributed by atoms with van der Waals surface area (Å²) in [5, 5.41) is 1.15. The van der Waals surface area contributed by atoms with E-state index in [0.717, 1.165) is 29.3 Å². The van der Waals surface area contributed by atoms with Crippen LogP contribution in [0.5, 0.6) is 0 Å². The van der Waals surface area contributed by atoms with Crippen LogP contribution in [0.4, 0.5) is 0 Å². The van der Waals surface area contributed by atoms with Gasteiger partial charge in [0.25, 0.3) is 0 Å². The highest BCUT2D eigenvalue weighted by atomic mass is 32.2. The Labute approximate surface area is 143 Å². The van der Waals surface area contributed by atoms with E-state index in [9.17, 15) is 8.42 Å². The lowest BCUT2D eigenvalue weighted by molar-refractivity contribution is 0.521. The number of nitrogens with one attached hydrogen (secondary N) is 2. The van der Waals surface area contributed by atoms with Crippen LogP contribution in [0.2, 0.25) is 0 Å². The molecule has 0 amide bonds. The van der Waals surface area contributed by atoms with Crippen LogP contribution in [0, 0.1) is 0 Å². The van der Waals surface area contributed by atoms with Crippen LogP contribution in [-0.2, 0) is 16.4 Å². The molecule has 0 fully saturated rings. The van der Waals surface area contributed by atoms with E-state index < -0.39 is 10.0 Å². The van der Waals surface area contributed by atoms with E-state index in [1.807, 2.05) is 30.5 Å². The molecule has 1 atom stereocenters. The molecule has 0 aliphatic heterocycles. The Morgan fingerprint density at radius 3 is 2.50 bits per heavy atom. The normalized spacial score (nSPS) is 13.2. The second-order valence-electron chi connectivity index (χ2n) is 5.98. The summed E-state index contributed by atoms with van der Waals surface area (Å²) in [6.45, 7) is 2.07. The highest BCUT2D eigenvalue weighted by Crippen LogP contribution is 2.21. The molecule has 0 aliphatic carbocycles. The quantitative estimate of drug-likeness (QED) is 0.685. The maximum Gasteiger partial charge on any atom is 0.240 e. The third-order valence-electron chi connectivity index (χ3n) is 4.15. The molecule has 0 saturated heterocycles. The molecule has 24 heavy (non-hydrogen) atoms. The van der Waals surface area contributed by atoms with E-state index >= 15 is 0 Å². The summed E-state index contributed by atoms with van der Waals surface area (Å²) < 4.78 is 28.1. The van der Waals surface area contributed by atoms with Gasteiger partial charge in [-0.1, -0.05) is 49.7 Å². The molecule has 2 N–H and O–H groups in total. The van der Waals surface area contributed by atoms with Crippen molar-refractivity contribution in [3.8, 4) is 0 Å². The van der Waals surface area contributed by atoms with E-state index in [2.05, 4.69) is 22.7 Å². The second-order valence-corrected chi connectivity index (χ2v) is 7.70. The van der Waals surface area contributed by atoms with Gasteiger partial charge in [-0.25, -0.2) is 13.1 Å². The van der Waals surface area contributed by atoms with E-state index in [-0.39, 0.29) is 6.04 Å². The predicted molar refractivity (Wildman–Crippen MR) is 97.5 cm³/mol. The van der Waals surface area contributed by atoms with E-state index in [1.54, 1.807) is 24.3 Å². The van der Waals surface area contributed by atoms with Crippen molar-refractivity contribution in [3.05, 3.63) is 66.4 Å². The first kappa shape index (κ1) is 16.7. The summed E-state index contributed by atoms with van der Waals surface area (Å²) in [7, 11) is -3.50. The zero-order valence-corrected chi connectivity index (χ0v) is 14.5. The van der Waals surface area contributed by atoms with Crippen molar-refractivity contribution in [1.29, 1.82) is 0 Å².